The topological polar surface area (TPSA) is 65.0 Å². The third-order valence-electron chi connectivity index (χ3n) is 2.41. The highest BCUT2D eigenvalue weighted by molar-refractivity contribution is 6.38. The van der Waals surface area contributed by atoms with Crippen molar-refractivity contribution < 1.29 is 19.1 Å². The van der Waals surface area contributed by atoms with E-state index in [2.05, 4.69) is 14.5 Å². The largest absolute Gasteiger partial charge is 0.469 e. The number of ether oxygens (including phenoxy) is 2. The number of aliphatic imine (C=N–C) groups is 1. The third-order valence-corrected chi connectivity index (χ3v) is 3.02. The smallest absolute Gasteiger partial charge is 0.339 e. The van der Waals surface area contributed by atoms with Crippen molar-refractivity contribution in [3.8, 4) is 0 Å². The molecule has 0 aliphatic rings. The molecule has 112 valence electrons. The molecule has 0 atom stereocenters. The summed E-state index contributed by atoms with van der Waals surface area (Å²) in [5.74, 6) is -1.12. The minimum absolute atomic E-state index is 0.0802. The average molecular weight is 330 g/mol. The monoisotopic (exact) mass is 329 g/mol. The Bertz CT molecular complexity index is 576. The zero-order valence-electron chi connectivity index (χ0n) is 11.4. The van der Waals surface area contributed by atoms with Crippen molar-refractivity contribution in [3.05, 3.63) is 39.9 Å². The van der Waals surface area contributed by atoms with E-state index in [0.717, 1.165) is 0 Å². The Morgan fingerprint density at radius 3 is 2.33 bits per heavy atom. The summed E-state index contributed by atoms with van der Waals surface area (Å²) in [6.07, 6.45) is 2.51. The summed E-state index contributed by atoms with van der Waals surface area (Å²) in [5, 5.41) is 0.687. The SMILES string of the molecule is COC(=O)CC=C(C=Nc1c(Cl)cccc1Cl)C(=O)OC. The molecule has 0 aliphatic carbocycles. The predicted molar refractivity (Wildman–Crippen MR) is 81.3 cm³/mol. The van der Waals surface area contributed by atoms with Crippen LogP contribution in [0.5, 0.6) is 0 Å². The van der Waals surface area contributed by atoms with E-state index >= 15 is 0 Å². The van der Waals surface area contributed by atoms with Crippen molar-refractivity contribution in [2.24, 2.45) is 4.99 Å². The lowest BCUT2D eigenvalue weighted by atomic mass is 10.2. The molecule has 0 N–H and O–H groups in total. The quantitative estimate of drug-likeness (QED) is 0.472. The molecule has 0 heterocycles. The molecule has 0 bridgehead atoms. The molecule has 0 saturated heterocycles. The standard InChI is InChI=1S/C14H13Cl2NO4/c1-20-12(18)7-6-9(14(19)21-2)8-17-13-10(15)4-3-5-11(13)16/h3-6,8H,7H2,1-2H3. The summed E-state index contributed by atoms with van der Waals surface area (Å²) in [5.41, 5.74) is 0.424. The van der Waals surface area contributed by atoms with Crippen LogP contribution in [-0.2, 0) is 19.1 Å². The van der Waals surface area contributed by atoms with Crippen molar-refractivity contribution in [1.82, 2.24) is 0 Å². The van der Waals surface area contributed by atoms with Gasteiger partial charge in [-0.2, -0.15) is 0 Å². The van der Waals surface area contributed by atoms with Crippen molar-refractivity contribution in [2.75, 3.05) is 14.2 Å². The molecule has 1 aromatic rings. The highest BCUT2D eigenvalue weighted by Crippen LogP contribution is 2.32. The number of carbonyl (C=O) groups is 2. The van der Waals surface area contributed by atoms with Gasteiger partial charge in [0.05, 0.1) is 36.3 Å². The fraction of sp³-hybridized carbons (Fsp3) is 0.214. The van der Waals surface area contributed by atoms with Crippen LogP contribution in [0, 0.1) is 0 Å². The minimum Gasteiger partial charge on any atom is -0.469 e. The maximum Gasteiger partial charge on any atom is 0.339 e. The molecule has 0 amide bonds. The average Bonchev–Trinajstić information content (AvgIpc) is 2.48. The Morgan fingerprint density at radius 1 is 1.19 bits per heavy atom. The number of hydrogen-bond donors (Lipinski definition) is 0. The van der Waals surface area contributed by atoms with Gasteiger partial charge in [0.2, 0.25) is 0 Å². The first-order chi connectivity index (χ1) is 9.99. The van der Waals surface area contributed by atoms with Crippen LogP contribution in [0.25, 0.3) is 0 Å². The summed E-state index contributed by atoms with van der Waals surface area (Å²) in [7, 11) is 2.48. The molecular weight excluding hydrogens is 317 g/mol. The van der Waals surface area contributed by atoms with Gasteiger partial charge < -0.3 is 9.47 Å². The Kier molecular flexibility index (Phi) is 6.91. The number of methoxy groups -OCH3 is 2. The van der Waals surface area contributed by atoms with E-state index < -0.39 is 11.9 Å². The predicted octanol–water partition coefficient (Wildman–Crippen LogP) is 3.36. The van der Waals surface area contributed by atoms with Gasteiger partial charge in [-0.3, -0.25) is 9.79 Å². The van der Waals surface area contributed by atoms with E-state index in [9.17, 15) is 9.59 Å². The maximum absolute atomic E-state index is 11.6. The van der Waals surface area contributed by atoms with Crippen molar-refractivity contribution >= 4 is 47.0 Å². The number of carbonyl (C=O) groups excluding carboxylic acids is 2. The van der Waals surface area contributed by atoms with E-state index in [4.69, 9.17) is 23.2 Å². The summed E-state index contributed by atoms with van der Waals surface area (Å²) in [6, 6.07) is 4.92. The lowest BCUT2D eigenvalue weighted by molar-refractivity contribution is -0.139. The molecule has 0 unspecified atom stereocenters. The van der Waals surface area contributed by atoms with Gasteiger partial charge in [0.15, 0.2) is 0 Å². The van der Waals surface area contributed by atoms with Crippen LogP contribution in [0.2, 0.25) is 10.0 Å². The Morgan fingerprint density at radius 2 is 1.81 bits per heavy atom. The van der Waals surface area contributed by atoms with Crippen LogP contribution >= 0.6 is 23.2 Å². The van der Waals surface area contributed by atoms with Gasteiger partial charge in [0, 0.05) is 6.21 Å². The first-order valence-electron chi connectivity index (χ1n) is 5.83. The highest BCUT2D eigenvalue weighted by Gasteiger charge is 2.10. The minimum atomic E-state index is -0.633. The Labute approximate surface area is 132 Å². The Hall–Kier alpha value is -1.85. The van der Waals surface area contributed by atoms with Crippen LogP contribution in [0.4, 0.5) is 5.69 Å². The molecule has 1 aromatic carbocycles. The van der Waals surface area contributed by atoms with Gasteiger partial charge >= 0.3 is 11.9 Å². The lowest BCUT2D eigenvalue weighted by Gasteiger charge is -2.02. The Balaban J connectivity index is 3.03. The molecular formula is C14H13Cl2NO4. The van der Waals surface area contributed by atoms with Crippen molar-refractivity contribution in [1.29, 1.82) is 0 Å². The second-order valence-electron chi connectivity index (χ2n) is 3.76. The van der Waals surface area contributed by atoms with E-state index in [1.807, 2.05) is 0 Å². The highest BCUT2D eigenvalue weighted by atomic mass is 35.5. The fourth-order valence-electron chi connectivity index (χ4n) is 1.33. The number of nitrogens with zero attached hydrogens (tertiary/aromatic N) is 1. The molecule has 0 saturated carbocycles. The zero-order valence-corrected chi connectivity index (χ0v) is 12.9. The lowest BCUT2D eigenvalue weighted by Crippen LogP contribution is -2.07. The number of esters is 2. The van der Waals surface area contributed by atoms with Gasteiger partial charge in [-0.25, -0.2) is 4.79 Å². The summed E-state index contributed by atoms with van der Waals surface area (Å²) in [4.78, 5) is 26.8. The molecule has 0 radical (unpaired) electrons. The van der Waals surface area contributed by atoms with Crippen LogP contribution < -0.4 is 0 Å². The third kappa shape index (κ3) is 5.21. The molecule has 1 rings (SSSR count). The second kappa shape index (κ2) is 8.44. The molecule has 0 aliphatic heterocycles. The number of halogens is 2. The number of rotatable bonds is 5. The van der Waals surface area contributed by atoms with Crippen LogP contribution in [-0.4, -0.2) is 32.4 Å². The van der Waals surface area contributed by atoms with Crippen LogP contribution in [0.1, 0.15) is 6.42 Å². The summed E-state index contributed by atoms with van der Waals surface area (Å²) >= 11 is 11.9. The van der Waals surface area contributed by atoms with E-state index in [1.54, 1.807) is 18.2 Å². The first-order valence-corrected chi connectivity index (χ1v) is 6.58. The zero-order chi connectivity index (χ0) is 15.8. The summed E-state index contributed by atoms with van der Waals surface area (Å²) in [6.45, 7) is 0. The van der Waals surface area contributed by atoms with Crippen molar-refractivity contribution in [2.45, 2.75) is 6.42 Å². The van der Waals surface area contributed by atoms with Gasteiger partial charge in [-0.1, -0.05) is 35.3 Å². The number of hydrogen-bond acceptors (Lipinski definition) is 5. The van der Waals surface area contributed by atoms with Crippen LogP contribution in [0.3, 0.4) is 0 Å². The normalized spacial score (nSPS) is 11.5. The van der Waals surface area contributed by atoms with E-state index in [-0.39, 0.29) is 12.0 Å². The second-order valence-corrected chi connectivity index (χ2v) is 4.57. The molecule has 0 fully saturated rings. The van der Waals surface area contributed by atoms with E-state index in [0.29, 0.717) is 15.7 Å². The van der Waals surface area contributed by atoms with Crippen LogP contribution in [0.15, 0.2) is 34.8 Å². The van der Waals surface area contributed by atoms with Gasteiger partial charge in [-0.15, -0.1) is 0 Å². The first kappa shape index (κ1) is 17.2. The van der Waals surface area contributed by atoms with Gasteiger partial charge in [0.1, 0.15) is 5.69 Å². The molecule has 5 nitrogen and oxygen atoms in total. The molecule has 0 aromatic heterocycles. The van der Waals surface area contributed by atoms with Gasteiger partial charge in [0.25, 0.3) is 0 Å². The maximum atomic E-state index is 11.6. The van der Waals surface area contributed by atoms with Gasteiger partial charge in [-0.05, 0) is 12.1 Å². The molecule has 0 spiro atoms. The fourth-order valence-corrected chi connectivity index (χ4v) is 1.82. The molecule has 21 heavy (non-hydrogen) atoms. The summed E-state index contributed by atoms with van der Waals surface area (Å²) < 4.78 is 9.10. The number of benzene rings is 1. The van der Waals surface area contributed by atoms with Crippen molar-refractivity contribution in [3.63, 3.8) is 0 Å². The van der Waals surface area contributed by atoms with E-state index in [1.165, 1.54) is 26.5 Å². The molecule has 7 heteroatoms. The number of para-hydroxylation sites is 1.